The second kappa shape index (κ2) is 6.53. The summed E-state index contributed by atoms with van der Waals surface area (Å²) in [7, 11) is 0. The number of aliphatic carboxylic acids is 1. The summed E-state index contributed by atoms with van der Waals surface area (Å²) < 4.78 is 5.55. The van der Waals surface area contributed by atoms with Gasteiger partial charge in [0.05, 0.1) is 18.0 Å². The molecule has 2 rings (SSSR count). The van der Waals surface area contributed by atoms with Crippen molar-refractivity contribution in [2.24, 2.45) is 5.92 Å². The monoisotopic (exact) mass is 308 g/mol. The average Bonchev–Trinajstić information content (AvgIpc) is 3.06. The third-order valence-corrected chi connectivity index (χ3v) is 3.70. The van der Waals surface area contributed by atoms with E-state index in [4.69, 9.17) is 9.52 Å². The number of nitrogens with zero attached hydrogens (tertiary/aromatic N) is 1. The Morgan fingerprint density at radius 2 is 2.29 bits per heavy atom. The van der Waals surface area contributed by atoms with Crippen LogP contribution in [0.3, 0.4) is 0 Å². The molecule has 0 aliphatic rings. The van der Waals surface area contributed by atoms with Crippen LogP contribution < -0.4 is 5.32 Å². The van der Waals surface area contributed by atoms with Crippen LogP contribution in [0.1, 0.15) is 18.4 Å². The van der Waals surface area contributed by atoms with Gasteiger partial charge in [-0.1, -0.05) is 6.92 Å². The van der Waals surface area contributed by atoms with E-state index in [-0.39, 0.29) is 18.9 Å². The molecule has 0 aromatic carbocycles. The Morgan fingerprint density at radius 1 is 1.52 bits per heavy atom. The lowest BCUT2D eigenvalue weighted by Crippen LogP contribution is -2.32. The molecule has 1 unspecified atom stereocenters. The van der Waals surface area contributed by atoms with Crippen LogP contribution in [-0.2, 0) is 16.0 Å². The number of carboxylic acids is 1. The summed E-state index contributed by atoms with van der Waals surface area (Å²) in [4.78, 5) is 26.8. The average molecular weight is 308 g/mol. The summed E-state index contributed by atoms with van der Waals surface area (Å²) in [6, 6.07) is 1.90. The fourth-order valence-corrected chi connectivity index (χ4v) is 2.30. The topological polar surface area (TPSA) is 92.4 Å². The zero-order valence-corrected chi connectivity index (χ0v) is 12.6. The molecule has 2 heterocycles. The molecule has 0 aliphatic carbocycles. The molecular weight excluding hydrogens is 292 g/mol. The zero-order valence-electron chi connectivity index (χ0n) is 11.8. The predicted molar refractivity (Wildman–Crippen MR) is 78.1 cm³/mol. The second-order valence-electron chi connectivity index (χ2n) is 4.75. The van der Waals surface area contributed by atoms with Crippen molar-refractivity contribution in [1.29, 1.82) is 0 Å². The van der Waals surface area contributed by atoms with E-state index in [9.17, 15) is 9.59 Å². The SMILES string of the molecule is Cc1oc(-c2ccsc2)nc1CC(=O)NCC(C)C(=O)O. The standard InChI is InChI=1S/C14H16N2O4S/c1-8(14(18)19)6-15-12(17)5-11-9(2)20-13(16-11)10-3-4-21-7-10/h3-4,7-8H,5-6H2,1-2H3,(H,15,17)(H,18,19). The Morgan fingerprint density at radius 3 is 2.90 bits per heavy atom. The molecule has 0 spiro atoms. The van der Waals surface area contributed by atoms with Crippen molar-refractivity contribution >= 4 is 23.2 Å². The van der Waals surface area contributed by atoms with Crippen molar-refractivity contribution < 1.29 is 19.1 Å². The Hall–Kier alpha value is -2.15. The van der Waals surface area contributed by atoms with E-state index < -0.39 is 11.9 Å². The lowest BCUT2D eigenvalue weighted by atomic mass is 10.2. The Balaban J connectivity index is 1.97. The van der Waals surface area contributed by atoms with Crippen molar-refractivity contribution in [1.82, 2.24) is 10.3 Å². The van der Waals surface area contributed by atoms with E-state index in [0.29, 0.717) is 17.3 Å². The summed E-state index contributed by atoms with van der Waals surface area (Å²) in [6.07, 6.45) is 0.0752. The minimum absolute atomic E-state index is 0.0752. The number of rotatable bonds is 6. The summed E-state index contributed by atoms with van der Waals surface area (Å²) in [6.45, 7) is 3.40. The van der Waals surface area contributed by atoms with Crippen LogP contribution in [0.5, 0.6) is 0 Å². The minimum Gasteiger partial charge on any atom is -0.481 e. The summed E-state index contributed by atoms with van der Waals surface area (Å²) >= 11 is 1.54. The van der Waals surface area contributed by atoms with Crippen molar-refractivity contribution in [3.63, 3.8) is 0 Å². The highest BCUT2D eigenvalue weighted by Gasteiger charge is 2.16. The van der Waals surface area contributed by atoms with E-state index in [0.717, 1.165) is 5.56 Å². The van der Waals surface area contributed by atoms with Crippen molar-refractivity contribution in [2.45, 2.75) is 20.3 Å². The Bertz CT molecular complexity index is 633. The van der Waals surface area contributed by atoms with Gasteiger partial charge in [-0.05, 0) is 18.4 Å². The molecule has 0 saturated heterocycles. The number of hydrogen-bond donors (Lipinski definition) is 2. The quantitative estimate of drug-likeness (QED) is 0.852. The van der Waals surface area contributed by atoms with Crippen LogP contribution in [0.4, 0.5) is 0 Å². The van der Waals surface area contributed by atoms with E-state index in [1.54, 1.807) is 25.2 Å². The fourth-order valence-electron chi connectivity index (χ4n) is 1.67. The van der Waals surface area contributed by atoms with Gasteiger partial charge in [0.15, 0.2) is 0 Å². The van der Waals surface area contributed by atoms with Gasteiger partial charge in [0.1, 0.15) is 5.76 Å². The van der Waals surface area contributed by atoms with Crippen LogP contribution in [0.25, 0.3) is 11.5 Å². The van der Waals surface area contributed by atoms with Crippen molar-refractivity contribution in [3.8, 4) is 11.5 Å². The lowest BCUT2D eigenvalue weighted by Gasteiger charge is -2.07. The largest absolute Gasteiger partial charge is 0.481 e. The van der Waals surface area contributed by atoms with Crippen LogP contribution in [0.2, 0.25) is 0 Å². The normalized spacial score (nSPS) is 12.1. The molecule has 0 saturated carbocycles. The number of hydrogen-bond acceptors (Lipinski definition) is 5. The maximum Gasteiger partial charge on any atom is 0.308 e. The number of nitrogens with one attached hydrogen (secondary N) is 1. The van der Waals surface area contributed by atoms with Crippen molar-refractivity contribution in [2.75, 3.05) is 6.54 Å². The molecule has 2 N–H and O–H groups in total. The third kappa shape index (κ3) is 3.91. The smallest absolute Gasteiger partial charge is 0.308 e. The van der Waals surface area contributed by atoms with Gasteiger partial charge in [-0.15, -0.1) is 0 Å². The highest BCUT2D eigenvalue weighted by molar-refractivity contribution is 7.08. The Kier molecular flexibility index (Phi) is 4.74. The highest BCUT2D eigenvalue weighted by Crippen LogP contribution is 2.23. The maximum absolute atomic E-state index is 11.8. The summed E-state index contributed by atoms with van der Waals surface area (Å²) in [5.41, 5.74) is 1.45. The van der Waals surface area contributed by atoms with Gasteiger partial charge < -0.3 is 14.8 Å². The first-order valence-corrected chi connectivity index (χ1v) is 7.40. The number of oxazole rings is 1. The minimum atomic E-state index is -0.937. The maximum atomic E-state index is 11.8. The molecule has 0 aliphatic heterocycles. The van der Waals surface area contributed by atoms with Crippen molar-refractivity contribution in [3.05, 3.63) is 28.3 Å². The molecule has 2 aromatic rings. The van der Waals surface area contributed by atoms with E-state index in [2.05, 4.69) is 10.3 Å². The van der Waals surface area contributed by atoms with Gasteiger partial charge in [0.2, 0.25) is 11.8 Å². The molecule has 0 radical (unpaired) electrons. The molecule has 6 nitrogen and oxygen atoms in total. The molecule has 7 heteroatoms. The fraction of sp³-hybridized carbons (Fsp3) is 0.357. The second-order valence-corrected chi connectivity index (χ2v) is 5.53. The zero-order chi connectivity index (χ0) is 15.4. The number of carbonyl (C=O) groups excluding carboxylic acids is 1. The first-order chi connectivity index (χ1) is 9.97. The lowest BCUT2D eigenvalue weighted by molar-refractivity contribution is -0.141. The highest BCUT2D eigenvalue weighted by atomic mass is 32.1. The molecule has 2 aromatic heterocycles. The van der Waals surface area contributed by atoms with Gasteiger partial charge in [0, 0.05) is 17.5 Å². The number of aryl methyl sites for hydroxylation is 1. The third-order valence-electron chi connectivity index (χ3n) is 3.02. The number of aromatic nitrogens is 1. The number of carbonyl (C=O) groups is 2. The van der Waals surface area contributed by atoms with Gasteiger partial charge in [0.25, 0.3) is 0 Å². The summed E-state index contributed by atoms with van der Waals surface area (Å²) in [5.74, 6) is -0.731. The molecule has 21 heavy (non-hydrogen) atoms. The number of carboxylic acid groups (broad SMARTS) is 1. The van der Waals surface area contributed by atoms with Gasteiger partial charge in [-0.2, -0.15) is 11.3 Å². The van der Waals surface area contributed by atoms with Gasteiger partial charge in [-0.25, -0.2) is 4.98 Å². The van der Waals surface area contributed by atoms with Crippen LogP contribution in [-0.4, -0.2) is 28.5 Å². The first-order valence-electron chi connectivity index (χ1n) is 6.45. The first kappa shape index (κ1) is 15.2. The Labute approximate surface area is 125 Å². The van der Waals surface area contributed by atoms with Crippen LogP contribution in [0, 0.1) is 12.8 Å². The van der Waals surface area contributed by atoms with E-state index in [1.165, 1.54) is 0 Å². The number of amides is 1. The van der Waals surface area contributed by atoms with Crippen LogP contribution in [0.15, 0.2) is 21.2 Å². The molecule has 1 amide bonds. The number of thiophene rings is 1. The van der Waals surface area contributed by atoms with E-state index >= 15 is 0 Å². The van der Waals surface area contributed by atoms with Crippen LogP contribution >= 0.6 is 11.3 Å². The predicted octanol–water partition coefficient (Wildman–Crippen LogP) is 2.09. The van der Waals surface area contributed by atoms with Gasteiger partial charge >= 0.3 is 5.97 Å². The molecule has 1 atom stereocenters. The molecule has 112 valence electrons. The molecule has 0 fully saturated rings. The molecule has 0 bridgehead atoms. The van der Waals surface area contributed by atoms with E-state index in [1.807, 2.05) is 16.8 Å². The summed E-state index contributed by atoms with van der Waals surface area (Å²) in [5, 5.41) is 15.2. The van der Waals surface area contributed by atoms with Gasteiger partial charge in [-0.3, -0.25) is 9.59 Å². The molecular formula is C14H16N2O4S.